The summed E-state index contributed by atoms with van der Waals surface area (Å²) in [4.78, 5) is 2.54. The Morgan fingerprint density at radius 3 is 2.58 bits per heavy atom. The van der Waals surface area contributed by atoms with Crippen molar-refractivity contribution in [3.63, 3.8) is 0 Å². The molecule has 1 aliphatic heterocycles. The molecule has 0 radical (unpaired) electrons. The molecule has 1 unspecified atom stereocenters. The smallest absolute Gasteiger partial charge is 0.00480 e. The second-order valence-electron chi connectivity index (χ2n) is 4.89. The highest BCUT2D eigenvalue weighted by atomic mass is 15.2. The first-order valence-corrected chi connectivity index (χ1v) is 4.98. The van der Waals surface area contributed by atoms with Crippen LogP contribution in [-0.4, -0.2) is 31.1 Å². The van der Waals surface area contributed by atoms with E-state index in [0.717, 1.165) is 12.5 Å². The van der Waals surface area contributed by atoms with Gasteiger partial charge in [-0.25, -0.2) is 0 Å². The third-order valence-corrected chi connectivity index (χ3v) is 2.75. The predicted molar refractivity (Wildman–Crippen MR) is 53.1 cm³/mol. The van der Waals surface area contributed by atoms with Crippen molar-refractivity contribution in [1.82, 2.24) is 4.90 Å². The molecule has 2 N–H and O–H groups in total. The Hall–Kier alpha value is -0.0800. The number of nitrogens with two attached hydrogens (primary N) is 1. The number of hydrogen-bond acceptors (Lipinski definition) is 2. The third kappa shape index (κ3) is 2.46. The fraction of sp³-hybridized carbons (Fsp3) is 1.00. The number of likely N-dealkylation sites (tertiary alicyclic amines) is 1. The molecule has 2 heteroatoms. The quantitative estimate of drug-likeness (QED) is 0.692. The van der Waals surface area contributed by atoms with Crippen molar-refractivity contribution >= 4 is 0 Å². The fourth-order valence-corrected chi connectivity index (χ4v) is 1.96. The Balaban J connectivity index is 2.35. The minimum Gasteiger partial charge on any atom is -0.330 e. The van der Waals surface area contributed by atoms with Gasteiger partial charge in [0, 0.05) is 13.1 Å². The van der Waals surface area contributed by atoms with Crippen molar-refractivity contribution in [2.75, 3.05) is 26.2 Å². The summed E-state index contributed by atoms with van der Waals surface area (Å²) in [7, 11) is 0. The van der Waals surface area contributed by atoms with Gasteiger partial charge in [0.25, 0.3) is 0 Å². The van der Waals surface area contributed by atoms with Crippen LogP contribution in [0.25, 0.3) is 0 Å². The molecule has 1 heterocycles. The summed E-state index contributed by atoms with van der Waals surface area (Å²) >= 11 is 0. The molecule has 0 aromatic rings. The maximum atomic E-state index is 5.73. The van der Waals surface area contributed by atoms with E-state index in [1.807, 2.05) is 0 Å². The normalized spacial score (nSPS) is 31.8. The molecule has 1 aliphatic rings. The van der Waals surface area contributed by atoms with Crippen LogP contribution in [0.3, 0.4) is 0 Å². The van der Waals surface area contributed by atoms with Gasteiger partial charge in [-0.3, -0.25) is 0 Å². The van der Waals surface area contributed by atoms with Gasteiger partial charge >= 0.3 is 0 Å². The van der Waals surface area contributed by atoms with Crippen LogP contribution in [0.2, 0.25) is 0 Å². The molecule has 72 valence electrons. The lowest BCUT2D eigenvalue weighted by Gasteiger charge is -2.23. The van der Waals surface area contributed by atoms with Crippen LogP contribution in [0.5, 0.6) is 0 Å². The molecule has 1 fully saturated rings. The highest BCUT2D eigenvalue weighted by molar-refractivity contribution is 4.87. The van der Waals surface area contributed by atoms with E-state index in [2.05, 4.69) is 25.7 Å². The SMILES string of the molecule is CC(C)CN1CCC(C)(CN)C1. The summed E-state index contributed by atoms with van der Waals surface area (Å²) in [5, 5.41) is 0. The van der Waals surface area contributed by atoms with E-state index in [1.54, 1.807) is 0 Å². The maximum absolute atomic E-state index is 5.73. The van der Waals surface area contributed by atoms with Crippen molar-refractivity contribution in [2.45, 2.75) is 27.2 Å². The summed E-state index contributed by atoms with van der Waals surface area (Å²) in [6.07, 6.45) is 1.27. The molecule has 0 amide bonds. The molecule has 0 bridgehead atoms. The van der Waals surface area contributed by atoms with Gasteiger partial charge in [-0.1, -0.05) is 20.8 Å². The first-order chi connectivity index (χ1) is 5.56. The van der Waals surface area contributed by atoms with Gasteiger partial charge in [0.05, 0.1) is 0 Å². The minimum absolute atomic E-state index is 0.398. The van der Waals surface area contributed by atoms with Crippen LogP contribution in [0.1, 0.15) is 27.2 Å². The molecule has 12 heavy (non-hydrogen) atoms. The molecule has 0 aromatic carbocycles. The summed E-state index contributed by atoms with van der Waals surface area (Å²) in [6.45, 7) is 11.4. The van der Waals surface area contributed by atoms with E-state index in [1.165, 1.54) is 26.1 Å². The molecule has 0 aliphatic carbocycles. The molecular formula is C10H22N2. The van der Waals surface area contributed by atoms with Gasteiger partial charge in [0.2, 0.25) is 0 Å². The second-order valence-corrected chi connectivity index (χ2v) is 4.89. The highest BCUT2D eigenvalue weighted by Crippen LogP contribution is 2.28. The van der Waals surface area contributed by atoms with E-state index in [4.69, 9.17) is 5.73 Å². The zero-order chi connectivity index (χ0) is 9.19. The maximum Gasteiger partial charge on any atom is 0.00480 e. The van der Waals surface area contributed by atoms with Crippen LogP contribution in [0, 0.1) is 11.3 Å². The van der Waals surface area contributed by atoms with Crippen LogP contribution >= 0.6 is 0 Å². The van der Waals surface area contributed by atoms with E-state index in [0.29, 0.717) is 5.41 Å². The summed E-state index contributed by atoms with van der Waals surface area (Å²) in [5.41, 5.74) is 6.13. The summed E-state index contributed by atoms with van der Waals surface area (Å²) in [5.74, 6) is 0.783. The number of rotatable bonds is 3. The van der Waals surface area contributed by atoms with Crippen molar-refractivity contribution < 1.29 is 0 Å². The largest absolute Gasteiger partial charge is 0.330 e. The molecule has 1 atom stereocenters. The van der Waals surface area contributed by atoms with Crippen LogP contribution in [0.15, 0.2) is 0 Å². The minimum atomic E-state index is 0.398. The number of hydrogen-bond donors (Lipinski definition) is 1. The van der Waals surface area contributed by atoms with E-state index in [-0.39, 0.29) is 0 Å². The molecule has 0 spiro atoms. The first kappa shape index (κ1) is 10.0. The predicted octanol–water partition coefficient (Wildman–Crippen LogP) is 1.31. The van der Waals surface area contributed by atoms with Gasteiger partial charge < -0.3 is 10.6 Å². The lowest BCUT2D eigenvalue weighted by molar-refractivity contribution is 0.256. The summed E-state index contributed by atoms with van der Waals surface area (Å²) in [6, 6.07) is 0. The standard InChI is InChI=1S/C10H22N2/c1-9(2)6-12-5-4-10(3,7-11)8-12/h9H,4-8,11H2,1-3H3. The lowest BCUT2D eigenvalue weighted by atomic mass is 9.90. The Labute approximate surface area is 76.1 Å². The highest BCUT2D eigenvalue weighted by Gasteiger charge is 2.32. The zero-order valence-electron chi connectivity index (χ0n) is 8.64. The molecule has 1 rings (SSSR count). The Morgan fingerprint density at radius 1 is 1.50 bits per heavy atom. The van der Waals surface area contributed by atoms with Crippen molar-refractivity contribution in [3.05, 3.63) is 0 Å². The lowest BCUT2D eigenvalue weighted by Crippen LogP contribution is -2.32. The summed E-state index contributed by atoms with van der Waals surface area (Å²) < 4.78 is 0. The average molecular weight is 170 g/mol. The van der Waals surface area contributed by atoms with Crippen LogP contribution in [-0.2, 0) is 0 Å². The molecular weight excluding hydrogens is 148 g/mol. The molecule has 2 nitrogen and oxygen atoms in total. The molecule has 1 saturated heterocycles. The van der Waals surface area contributed by atoms with Crippen molar-refractivity contribution in [1.29, 1.82) is 0 Å². The fourth-order valence-electron chi connectivity index (χ4n) is 1.96. The monoisotopic (exact) mass is 170 g/mol. The van der Waals surface area contributed by atoms with E-state index < -0.39 is 0 Å². The van der Waals surface area contributed by atoms with Gasteiger partial charge in [-0.2, -0.15) is 0 Å². The second kappa shape index (κ2) is 3.75. The van der Waals surface area contributed by atoms with Crippen molar-refractivity contribution in [2.24, 2.45) is 17.1 Å². The van der Waals surface area contributed by atoms with Crippen LogP contribution in [0.4, 0.5) is 0 Å². The molecule has 0 aromatic heterocycles. The Morgan fingerprint density at radius 2 is 2.17 bits per heavy atom. The van der Waals surface area contributed by atoms with Gasteiger partial charge in [-0.15, -0.1) is 0 Å². The number of nitrogens with zero attached hydrogens (tertiary/aromatic N) is 1. The zero-order valence-corrected chi connectivity index (χ0v) is 8.64. The Kier molecular flexibility index (Phi) is 3.13. The van der Waals surface area contributed by atoms with Crippen molar-refractivity contribution in [3.8, 4) is 0 Å². The van der Waals surface area contributed by atoms with E-state index >= 15 is 0 Å². The van der Waals surface area contributed by atoms with Crippen LogP contribution < -0.4 is 5.73 Å². The first-order valence-electron chi connectivity index (χ1n) is 4.98. The van der Waals surface area contributed by atoms with Gasteiger partial charge in [0.15, 0.2) is 0 Å². The Bertz CT molecular complexity index is 145. The average Bonchev–Trinajstić information content (AvgIpc) is 2.32. The van der Waals surface area contributed by atoms with Gasteiger partial charge in [-0.05, 0) is 30.8 Å². The van der Waals surface area contributed by atoms with Gasteiger partial charge in [0.1, 0.15) is 0 Å². The topological polar surface area (TPSA) is 29.3 Å². The molecule has 0 saturated carbocycles. The van der Waals surface area contributed by atoms with E-state index in [9.17, 15) is 0 Å². The third-order valence-electron chi connectivity index (χ3n) is 2.75.